The summed E-state index contributed by atoms with van der Waals surface area (Å²) >= 11 is 3.10. The molecule has 0 unspecified atom stereocenters. The molecule has 2 N–H and O–H groups in total. The number of nitrogen functional groups attached to an aromatic ring is 1. The lowest BCUT2D eigenvalue weighted by atomic mass is 10.1. The van der Waals surface area contributed by atoms with E-state index in [4.69, 9.17) is 11.0 Å². The largest absolute Gasteiger partial charge is 0.396 e. The molecule has 5 heteroatoms. The lowest BCUT2D eigenvalue weighted by Crippen LogP contribution is -2.19. The van der Waals surface area contributed by atoms with E-state index in [9.17, 15) is 0 Å². The SMILES string of the molecule is CSc1c(N(C)CCC(C)C)sc(C#N)c1N. The van der Waals surface area contributed by atoms with Crippen molar-refractivity contribution >= 4 is 33.8 Å². The molecule has 0 atom stereocenters. The quantitative estimate of drug-likeness (QED) is 0.832. The van der Waals surface area contributed by atoms with Gasteiger partial charge in [-0.3, -0.25) is 0 Å². The van der Waals surface area contributed by atoms with Crippen molar-refractivity contribution in [1.29, 1.82) is 5.26 Å². The Morgan fingerprint density at radius 1 is 1.53 bits per heavy atom. The average molecular weight is 269 g/mol. The topological polar surface area (TPSA) is 53.0 Å². The van der Waals surface area contributed by atoms with Crippen LogP contribution >= 0.6 is 23.1 Å². The second-order valence-electron chi connectivity index (χ2n) is 4.40. The molecule has 94 valence electrons. The summed E-state index contributed by atoms with van der Waals surface area (Å²) in [6.07, 6.45) is 3.14. The molecule has 0 radical (unpaired) electrons. The van der Waals surface area contributed by atoms with Gasteiger partial charge in [-0.2, -0.15) is 5.26 Å². The predicted molar refractivity (Wildman–Crippen MR) is 78.0 cm³/mol. The van der Waals surface area contributed by atoms with Gasteiger partial charge in [0.05, 0.1) is 10.6 Å². The first-order valence-electron chi connectivity index (χ1n) is 5.58. The fraction of sp³-hybridized carbons (Fsp3) is 0.583. The van der Waals surface area contributed by atoms with Crippen LogP contribution in [0, 0.1) is 17.2 Å². The minimum absolute atomic E-state index is 0.626. The molecule has 0 aliphatic heterocycles. The van der Waals surface area contributed by atoms with E-state index in [0.29, 0.717) is 16.5 Å². The fourth-order valence-electron chi connectivity index (χ4n) is 1.50. The molecule has 0 aliphatic rings. The number of nitriles is 1. The highest BCUT2D eigenvalue weighted by Gasteiger charge is 2.18. The molecular weight excluding hydrogens is 250 g/mol. The molecule has 3 nitrogen and oxygen atoms in total. The van der Waals surface area contributed by atoms with Gasteiger partial charge in [-0.15, -0.1) is 23.1 Å². The Labute approximate surface area is 112 Å². The van der Waals surface area contributed by atoms with Crippen LogP contribution in [0.15, 0.2) is 4.90 Å². The van der Waals surface area contributed by atoms with Crippen LogP contribution in [0.4, 0.5) is 10.7 Å². The van der Waals surface area contributed by atoms with E-state index < -0.39 is 0 Å². The van der Waals surface area contributed by atoms with Crippen LogP contribution in [-0.2, 0) is 0 Å². The zero-order valence-electron chi connectivity index (χ0n) is 10.8. The standard InChI is InChI=1S/C12H19N3S2/c1-8(2)5-6-15(3)12-11(16-4)10(14)9(7-13)17-12/h8H,5-6,14H2,1-4H3. The maximum Gasteiger partial charge on any atom is 0.131 e. The molecule has 17 heavy (non-hydrogen) atoms. The Hall–Kier alpha value is -0.860. The molecule has 0 aliphatic carbocycles. The van der Waals surface area contributed by atoms with Crippen molar-refractivity contribution in [2.45, 2.75) is 25.2 Å². The lowest BCUT2D eigenvalue weighted by Gasteiger charge is -2.19. The number of thioether (sulfide) groups is 1. The fourth-order valence-corrected chi connectivity index (χ4v) is 3.49. The summed E-state index contributed by atoms with van der Waals surface area (Å²) in [5, 5.41) is 10.1. The number of thiophene rings is 1. The highest BCUT2D eigenvalue weighted by molar-refractivity contribution is 7.99. The van der Waals surface area contributed by atoms with E-state index in [1.54, 1.807) is 11.8 Å². The average Bonchev–Trinajstić information content (AvgIpc) is 2.62. The smallest absolute Gasteiger partial charge is 0.131 e. The van der Waals surface area contributed by atoms with Crippen molar-refractivity contribution in [2.24, 2.45) is 5.92 Å². The third-order valence-electron chi connectivity index (χ3n) is 2.58. The van der Waals surface area contributed by atoms with E-state index in [-0.39, 0.29) is 0 Å². The molecule has 0 bridgehead atoms. The molecule has 0 saturated heterocycles. The molecule has 1 rings (SSSR count). The van der Waals surface area contributed by atoms with Crippen LogP contribution in [0.1, 0.15) is 25.1 Å². The molecule has 0 fully saturated rings. The summed E-state index contributed by atoms with van der Waals surface area (Å²) < 4.78 is 0. The van der Waals surface area contributed by atoms with Crippen LogP contribution in [0.2, 0.25) is 0 Å². The summed E-state index contributed by atoms with van der Waals surface area (Å²) in [5.74, 6) is 0.683. The van der Waals surface area contributed by atoms with Gasteiger partial charge >= 0.3 is 0 Å². The Morgan fingerprint density at radius 3 is 2.65 bits per heavy atom. The minimum atomic E-state index is 0.626. The van der Waals surface area contributed by atoms with E-state index in [2.05, 4.69) is 31.9 Å². The number of hydrogen-bond acceptors (Lipinski definition) is 5. The molecular formula is C12H19N3S2. The number of rotatable bonds is 5. The Morgan fingerprint density at radius 2 is 2.18 bits per heavy atom. The zero-order valence-corrected chi connectivity index (χ0v) is 12.4. The van der Waals surface area contributed by atoms with Crippen molar-refractivity contribution in [3.63, 3.8) is 0 Å². The number of nitrogens with two attached hydrogens (primary N) is 1. The van der Waals surface area contributed by atoms with Crippen LogP contribution in [-0.4, -0.2) is 19.8 Å². The van der Waals surface area contributed by atoms with E-state index in [1.807, 2.05) is 6.26 Å². The van der Waals surface area contributed by atoms with Gasteiger partial charge in [0, 0.05) is 13.6 Å². The first-order valence-corrected chi connectivity index (χ1v) is 7.62. The van der Waals surface area contributed by atoms with Crippen molar-refractivity contribution in [2.75, 3.05) is 30.5 Å². The van der Waals surface area contributed by atoms with Gasteiger partial charge < -0.3 is 10.6 Å². The maximum atomic E-state index is 9.00. The van der Waals surface area contributed by atoms with E-state index >= 15 is 0 Å². The normalized spacial score (nSPS) is 10.6. The van der Waals surface area contributed by atoms with Gasteiger partial charge in [0.25, 0.3) is 0 Å². The number of anilines is 2. The van der Waals surface area contributed by atoms with E-state index in [1.165, 1.54) is 11.3 Å². The van der Waals surface area contributed by atoms with Gasteiger partial charge in [0.2, 0.25) is 0 Å². The molecule has 1 heterocycles. The lowest BCUT2D eigenvalue weighted by molar-refractivity contribution is 0.585. The van der Waals surface area contributed by atoms with Gasteiger partial charge in [-0.25, -0.2) is 0 Å². The monoisotopic (exact) mass is 269 g/mol. The molecule has 0 saturated carbocycles. The van der Waals surface area contributed by atoms with Crippen molar-refractivity contribution in [3.05, 3.63) is 4.88 Å². The molecule has 1 aromatic heterocycles. The van der Waals surface area contributed by atoms with Gasteiger partial charge in [-0.05, 0) is 18.6 Å². The number of hydrogen-bond donors (Lipinski definition) is 1. The summed E-state index contributed by atoms with van der Waals surface area (Å²) in [4.78, 5) is 3.87. The summed E-state index contributed by atoms with van der Waals surface area (Å²) in [5.41, 5.74) is 6.59. The summed E-state index contributed by atoms with van der Waals surface area (Å²) in [6, 6.07) is 2.16. The predicted octanol–water partition coefficient (Wildman–Crippen LogP) is 3.41. The van der Waals surface area contributed by atoms with Gasteiger partial charge in [-0.1, -0.05) is 13.8 Å². The first kappa shape index (κ1) is 14.2. The molecule has 0 spiro atoms. The van der Waals surface area contributed by atoms with Crippen LogP contribution < -0.4 is 10.6 Å². The second kappa shape index (κ2) is 6.18. The first-order chi connectivity index (χ1) is 8.01. The zero-order chi connectivity index (χ0) is 13.0. The van der Waals surface area contributed by atoms with Crippen molar-refractivity contribution < 1.29 is 0 Å². The molecule has 0 aromatic carbocycles. The van der Waals surface area contributed by atoms with Crippen molar-refractivity contribution in [3.8, 4) is 6.07 Å². The molecule has 1 aromatic rings. The summed E-state index contributed by atoms with van der Waals surface area (Å²) in [6.45, 7) is 5.43. The van der Waals surface area contributed by atoms with Crippen molar-refractivity contribution in [1.82, 2.24) is 0 Å². The van der Waals surface area contributed by atoms with Crippen LogP contribution in [0.25, 0.3) is 0 Å². The maximum absolute atomic E-state index is 9.00. The Kier molecular flexibility index (Phi) is 5.16. The van der Waals surface area contributed by atoms with E-state index in [0.717, 1.165) is 22.9 Å². The number of nitrogens with zero attached hydrogens (tertiary/aromatic N) is 2. The highest BCUT2D eigenvalue weighted by Crippen LogP contribution is 2.43. The van der Waals surface area contributed by atoms with Crippen LogP contribution in [0.5, 0.6) is 0 Å². The highest BCUT2D eigenvalue weighted by atomic mass is 32.2. The second-order valence-corrected chi connectivity index (χ2v) is 6.21. The molecule has 0 amide bonds. The third kappa shape index (κ3) is 3.30. The third-order valence-corrected chi connectivity index (χ3v) is 4.75. The van der Waals surface area contributed by atoms with Crippen LogP contribution in [0.3, 0.4) is 0 Å². The minimum Gasteiger partial charge on any atom is -0.396 e. The summed E-state index contributed by atoms with van der Waals surface area (Å²) in [7, 11) is 2.06. The van der Waals surface area contributed by atoms with Gasteiger partial charge in [0.15, 0.2) is 0 Å². The van der Waals surface area contributed by atoms with Gasteiger partial charge in [0.1, 0.15) is 15.9 Å². The Balaban J connectivity index is 2.93. The Bertz CT molecular complexity index is 418.